The van der Waals surface area contributed by atoms with Crippen molar-refractivity contribution >= 4 is 0 Å². The quantitative estimate of drug-likeness (QED) is 0.372. The molecule has 0 aromatic heterocycles. The van der Waals surface area contributed by atoms with Gasteiger partial charge in [0, 0.05) is 23.9 Å². The van der Waals surface area contributed by atoms with Crippen LogP contribution in [0.25, 0.3) is 0 Å². The van der Waals surface area contributed by atoms with Crippen molar-refractivity contribution in [3.05, 3.63) is 46.0 Å². The highest BCUT2D eigenvalue weighted by Gasteiger charge is 2.43. The lowest BCUT2D eigenvalue weighted by atomic mass is 9.99. The minimum Gasteiger partial charge on any atom is -0.287 e. The second kappa shape index (κ2) is 9.02. The number of unbranched alkanes of at least 4 members (excludes halogenated alkanes) is 4. The first-order valence-corrected chi connectivity index (χ1v) is 9.09. The maximum Gasteiger partial charge on any atom is 0.229 e. The molecule has 4 heteroatoms. The fourth-order valence-corrected chi connectivity index (χ4v) is 3.83. The lowest BCUT2D eigenvalue weighted by Gasteiger charge is -2.31. The van der Waals surface area contributed by atoms with Crippen LogP contribution >= 0.6 is 0 Å². The van der Waals surface area contributed by atoms with E-state index in [0.717, 1.165) is 19.4 Å². The predicted molar refractivity (Wildman–Crippen MR) is 94.1 cm³/mol. The van der Waals surface area contributed by atoms with Crippen molar-refractivity contribution in [2.75, 3.05) is 6.54 Å². The monoisotopic (exact) mass is 318 g/mol. The van der Waals surface area contributed by atoms with Crippen LogP contribution in [0, 0.1) is 10.1 Å². The summed E-state index contributed by atoms with van der Waals surface area (Å²) in [4.78, 5) is 13.7. The molecule has 0 bridgehead atoms. The van der Waals surface area contributed by atoms with Crippen molar-refractivity contribution in [2.24, 2.45) is 0 Å². The van der Waals surface area contributed by atoms with Gasteiger partial charge in [0.05, 0.1) is 6.04 Å². The second-order valence-electron chi connectivity index (χ2n) is 6.74. The fourth-order valence-electron chi connectivity index (χ4n) is 3.83. The number of benzene rings is 1. The molecule has 1 aliphatic rings. The van der Waals surface area contributed by atoms with Gasteiger partial charge in [-0.25, -0.2) is 0 Å². The average Bonchev–Trinajstić information content (AvgIpc) is 2.99. The summed E-state index contributed by atoms with van der Waals surface area (Å²) in [5, 5.41) is 11.4. The Hall–Kier alpha value is -1.42. The molecular weight excluding hydrogens is 288 g/mol. The molecule has 128 valence electrons. The number of nitrogens with zero attached hydrogens (tertiary/aromatic N) is 2. The molecule has 0 spiro atoms. The molecule has 1 unspecified atom stereocenters. The number of rotatable bonds is 9. The van der Waals surface area contributed by atoms with Gasteiger partial charge in [-0.15, -0.1) is 0 Å². The fraction of sp³-hybridized carbons (Fsp3) is 0.684. The van der Waals surface area contributed by atoms with Crippen LogP contribution in [0.5, 0.6) is 0 Å². The Balaban J connectivity index is 2.00. The molecule has 3 atom stereocenters. The molecule has 4 nitrogen and oxygen atoms in total. The second-order valence-corrected chi connectivity index (χ2v) is 6.74. The lowest BCUT2D eigenvalue weighted by molar-refractivity contribution is -0.525. The minimum absolute atomic E-state index is 0.0472. The normalized spacial score (nSPS) is 23.0. The maximum absolute atomic E-state index is 11.4. The number of nitro groups is 1. The van der Waals surface area contributed by atoms with E-state index in [9.17, 15) is 10.1 Å². The first-order valence-electron chi connectivity index (χ1n) is 9.09. The van der Waals surface area contributed by atoms with E-state index in [4.69, 9.17) is 0 Å². The summed E-state index contributed by atoms with van der Waals surface area (Å²) in [7, 11) is 0. The van der Waals surface area contributed by atoms with Crippen LogP contribution in [-0.2, 0) is 0 Å². The van der Waals surface area contributed by atoms with Gasteiger partial charge >= 0.3 is 0 Å². The standard InChI is InChI=1S/C19H30N2O2/c1-3-4-5-6-10-13-18-19(21(22)23)14-15-20(18)16(2)17-11-8-7-9-12-17/h7-9,11-12,16,18-19H,3-6,10,13-15H2,1-2H3/t16?,18-,19+/m1/s1. The third kappa shape index (κ3) is 4.77. The van der Waals surface area contributed by atoms with Crippen molar-refractivity contribution in [1.82, 2.24) is 4.90 Å². The van der Waals surface area contributed by atoms with Crippen LogP contribution in [0.15, 0.2) is 30.3 Å². The molecule has 23 heavy (non-hydrogen) atoms. The lowest BCUT2D eigenvalue weighted by Crippen LogP contribution is -2.40. The number of hydrogen-bond acceptors (Lipinski definition) is 3. The van der Waals surface area contributed by atoms with E-state index >= 15 is 0 Å². The van der Waals surface area contributed by atoms with Crippen molar-refractivity contribution in [1.29, 1.82) is 0 Å². The smallest absolute Gasteiger partial charge is 0.229 e. The first-order chi connectivity index (χ1) is 11.1. The molecule has 0 amide bonds. The number of likely N-dealkylation sites (tertiary alicyclic amines) is 1. The van der Waals surface area contributed by atoms with E-state index in [2.05, 4.69) is 30.9 Å². The Morgan fingerprint density at radius 1 is 1.22 bits per heavy atom. The molecule has 1 aliphatic heterocycles. The highest BCUT2D eigenvalue weighted by Crippen LogP contribution is 2.33. The van der Waals surface area contributed by atoms with Gasteiger partial charge in [-0.1, -0.05) is 69.4 Å². The van der Waals surface area contributed by atoms with Crippen molar-refractivity contribution in [2.45, 2.75) is 76.9 Å². The summed E-state index contributed by atoms with van der Waals surface area (Å²) in [6.45, 7) is 5.23. The summed E-state index contributed by atoms with van der Waals surface area (Å²) in [5.41, 5.74) is 1.26. The topological polar surface area (TPSA) is 46.4 Å². The molecule has 1 aromatic carbocycles. The molecule has 1 saturated heterocycles. The molecular formula is C19H30N2O2. The Kier molecular flexibility index (Phi) is 7.03. The van der Waals surface area contributed by atoms with Crippen LogP contribution in [0.3, 0.4) is 0 Å². The Morgan fingerprint density at radius 3 is 2.57 bits per heavy atom. The molecule has 2 rings (SSSR count). The summed E-state index contributed by atoms with van der Waals surface area (Å²) in [5.74, 6) is 0. The molecule has 1 heterocycles. The van der Waals surface area contributed by atoms with Gasteiger partial charge in [0.25, 0.3) is 0 Å². The highest BCUT2D eigenvalue weighted by molar-refractivity contribution is 5.19. The van der Waals surface area contributed by atoms with Crippen LogP contribution in [0.2, 0.25) is 0 Å². The summed E-state index contributed by atoms with van der Waals surface area (Å²) >= 11 is 0. The van der Waals surface area contributed by atoms with Gasteiger partial charge in [0.1, 0.15) is 0 Å². The van der Waals surface area contributed by atoms with E-state index in [0.29, 0.717) is 6.42 Å². The van der Waals surface area contributed by atoms with E-state index < -0.39 is 6.04 Å². The SMILES string of the molecule is CCCCCCC[C@@H]1[C@@H]([N+](=O)[O-])CCN1C(C)c1ccccc1. The van der Waals surface area contributed by atoms with Gasteiger partial charge in [-0.05, 0) is 18.9 Å². The molecule has 1 aromatic rings. The van der Waals surface area contributed by atoms with Gasteiger partial charge < -0.3 is 0 Å². The third-order valence-corrected chi connectivity index (χ3v) is 5.21. The Bertz CT molecular complexity index is 478. The zero-order valence-electron chi connectivity index (χ0n) is 14.5. The van der Waals surface area contributed by atoms with Gasteiger partial charge in [0.2, 0.25) is 6.04 Å². The largest absolute Gasteiger partial charge is 0.287 e. The Labute approximate surface area is 140 Å². The van der Waals surface area contributed by atoms with E-state index in [-0.39, 0.29) is 17.0 Å². The van der Waals surface area contributed by atoms with Crippen molar-refractivity contribution in [3.63, 3.8) is 0 Å². The predicted octanol–water partition coefficient (Wildman–Crippen LogP) is 4.83. The summed E-state index contributed by atoms with van der Waals surface area (Å²) < 4.78 is 0. The van der Waals surface area contributed by atoms with Crippen molar-refractivity contribution in [3.8, 4) is 0 Å². The van der Waals surface area contributed by atoms with Crippen LogP contribution in [-0.4, -0.2) is 28.5 Å². The van der Waals surface area contributed by atoms with Crippen LogP contribution < -0.4 is 0 Å². The zero-order valence-corrected chi connectivity index (χ0v) is 14.5. The molecule has 0 radical (unpaired) electrons. The zero-order chi connectivity index (χ0) is 16.7. The van der Waals surface area contributed by atoms with Gasteiger partial charge in [-0.2, -0.15) is 0 Å². The van der Waals surface area contributed by atoms with Crippen molar-refractivity contribution < 1.29 is 4.92 Å². The molecule has 0 aliphatic carbocycles. The van der Waals surface area contributed by atoms with Gasteiger partial charge in [-0.3, -0.25) is 15.0 Å². The highest BCUT2D eigenvalue weighted by atomic mass is 16.6. The van der Waals surface area contributed by atoms with Crippen LogP contribution in [0.1, 0.15) is 70.4 Å². The molecule has 0 saturated carbocycles. The van der Waals surface area contributed by atoms with E-state index in [1.807, 2.05) is 18.2 Å². The first kappa shape index (κ1) is 17.9. The maximum atomic E-state index is 11.4. The van der Waals surface area contributed by atoms with E-state index in [1.54, 1.807) is 0 Å². The van der Waals surface area contributed by atoms with Gasteiger partial charge in [0.15, 0.2) is 0 Å². The molecule has 0 N–H and O–H groups in total. The minimum atomic E-state index is -0.396. The third-order valence-electron chi connectivity index (χ3n) is 5.21. The summed E-state index contributed by atoms with van der Waals surface area (Å²) in [6.07, 6.45) is 7.69. The average molecular weight is 318 g/mol. The Morgan fingerprint density at radius 2 is 1.91 bits per heavy atom. The summed E-state index contributed by atoms with van der Waals surface area (Å²) in [6, 6.07) is 10.3. The van der Waals surface area contributed by atoms with Crippen LogP contribution in [0.4, 0.5) is 0 Å². The van der Waals surface area contributed by atoms with E-state index in [1.165, 1.54) is 31.2 Å². The molecule has 1 fully saturated rings. The number of hydrogen-bond donors (Lipinski definition) is 0.